The van der Waals surface area contributed by atoms with Gasteiger partial charge in [-0.15, -0.1) is 0 Å². The lowest BCUT2D eigenvalue weighted by Crippen LogP contribution is -2.45. The van der Waals surface area contributed by atoms with Crippen molar-refractivity contribution in [2.24, 2.45) is 0 Å². The molecule has 3 N–H and O–H groups in total. The van der Waals surface area contributed by atoms with Gasteiger partial charge in [-0.1, -0.05) is 314 Å². The number of unbranched alkanes of at least 4 members (excludes halogenated alkanes) is 48. The van der Waals surface area contributed by atoms with Crippen LogP contribution in [0.4, 0.5) is 0 Å². The molecule has 0 saturated heterocycles. The molecule has 0 fully saturated rings. The summed E-state index contributed by atoms with van der Waals surface area (Å²) >= 11 is 0. The molecule has 72 heavy (non-hydrogen) atoms. The molecule has 0 radical (unpaired) electrons. The first-order chi connectivity index (χ1) is 35.5. The second-order valence-corrected chi connectivity index (χ2v) is 22.5. The summed E-state index contributed by atoms with van der Waals surface area (Å²) in [5.74, 6) is -0.0497. The monoisotopic (exact) mass is 1010 g/mol. The highest BCUT2D eigenvalue weighted by Crippen LogP contribution is 2.18. The second-order valence-electron chi connectivity index (χ2n) is 22.5. The molecule has 0 aromatic heterocycles. The maximum Gasteiger partial charge on any atom is 0.305 e. The van der Waals surface area contributed by atoms with Crippen LogP contribution < -0.4 is 5.32 Å². The standard InChI is InChI=1S/C66H127NO5/c1-3-5-7-9-11-13-15-16-17-18-27-31-34-37-40-44-48-52-56-60-66(71)72-61-57-53-49-45-41-38-35-32-29-26-24-22-20-19-21-23-25-28-30-33-36-39-43-47-51-55-59-65(70)67-63(62-68)64(69)58-54-50-46-42-14-12-10-8-6-4-2/h16-17,54,58,63-64,68-69H,3-15,18-53,55-57,59-62H2,1-2H3,(H,67,70)/b17-16-,58-54+. The van der Waals surface area contributed by atoms with Gasteiger partial charge in [-0.05, 0) is 57.8 Å². The van der Waals surface area contributed by atoms with E-state index in [0.717, 1.165) is 38.5 Å². The Hall–Kier alpha value is -1.66. The number of carbonyl (C=O) groups is 2. The maximum absolute atomic E-state index is 12.4. The fourth-order valence-electron chi connectivity index (χ4n) is 10.2. The van der Waals surface area contributed by atoms with Crippen LogP contribution in [0.5, 0.6) is 0 Å². The molecule has 2 unspecified atom stereocenters. The lowest BCUT2D eigenvalue weighted by Gasteiger charge is -2.20. The molecule has 0 rings (SSSR count). The van der Waals surface area contributed by atoms with E-state index in [1.165, 1.54) is 295 Å². The van der Waals surface area contributed by atoms with Crippen molar-refractivity contribution in [3.8, 4) is 0 Å². The van der Waals surface area contributed by atoms with E-state index in [1.54, 1.807) is 6.08 Å². The minimum absolute atomic E-state index is 0.0168. The fourth-order valence-corrected chi connectivity index (χ4v) is 10.2. The van der Waals surface area contributed by atoms with E-state index in [-0.39, 0.29) is 18.5 Å². The largest absolute Gasteiger partial charge is 0.466 e. The minimum atomic E-state index is -0.840. The number of ether oxygens (including phenoxy) is 1. The first-order valence-corrected chi connectivity index (χ1v) is 32.6. The van der Waals surface area contributed by atoms with Crippen LogP contribution in [-0.2, 0) is 14.3 Å². The van der Waals surface area contributed by atoms with E-state index < -0.39 is 12.1 Å². The number of allylic oxidation sites excluding steroid dienone is 3. The highest BCUT2D eigenvalue weighted by atomic mass is 16.5. The average Bonchev–Trinajstić information content (AvgIpc) is 3.38. The predicted molar refractivity (Wildman–Crippen MR) is 315 cm³/mol. The van der Waals surface area contributed by atoms with Gasteiger partial charge in [-0.25, -0.2) is 0 Å². The Kier molecular flexibility index (Phi) is 60.5. The summed E-state index contributed by atoms with van der Waals surface area (Å²) < 4.78 is 5.51. The van der Waals surface area contributed by atoms with E-state index in [4.69, 9.17) is 4.74 Å². The normalized spacial score (nSPS) is 12.7. The SMILES string of the molecule is CCCCCCCC/C=C\CCCCCCCCCCCC(=O)OCCCCCCCCCCCCCCCCCCCCCCCCCCCCC(=O)NC(CO)C(O)/C=C/CCCCCCCCCC. The van der Waals surface area contributed by atoms with Crippen molar-refractivity contribution in [3.05, 3.63) is 24.3 Å². The van der Waals surface area contributed by atoms with Gasteiger partial charge in [0.2, 0.25) is 5.91 Å². The second kappa shape index (κ2) is 61.9. The molecule has 0 aliphatic heterocycles. The number of aliphatic hydroxyl groups is 2. The Labute approximate surface area is 450 Å². The lowest BCUT2D eigenvalue weighted by molar-refractivity contribution is -0.143. The van der Waals surface area contributed by atoms with Gasteiger partial charge in [0, 0.05) is 12.8 Å². The predicted octanol–water partition coefficient (Wildman–Crippen LogP) is 20.6. The summed E-state index contributed by atoms with van der Waals surface area (Å²) in [6.07, 6.45) is 76.7. The number of hydrogen-bond acceptors (Lipinski definition) is 5. The number of carbonyl (C=O) groups excluding carboxylic acids is 2. The van der Waals surface area contributed by atoms with Crippen LogP contribution in [0, 0.1) is 0 Å². The van der Waals surface area contributed by atoms with Gasteiger partial charge in [0.15, 0.2) is 0 Å². The van der Waals surface area contributed by atoms with Crippen molar-refractivity contribution >= 4 is 11.9 Å². The number of hydrogen-bond donors (Lipinski definition) is 3. The summed E-state index contributed by atoms with van der Waals surface area (Å²) in [4.78, 5) is 24.5. The lowest BCUT2D eigenvalue weighted by atomic mass is 10.0. The zero-order valence-electron chi connectivity index (χ0n) is 48.7. The Morgan fingerprint density at radius 1 is 0.375 bits per heavy atom. The molecule has 0 aromatic carbocycles. The molecule has 6 heteroatoms. The third-order valence-electron chi connectivity index (χ3n) is 15.2. The summed E-state index contributed by atoms with van der Waals surface area (Å²) in [5.41, 5.74) is 0. The quantitative estimate of drug-likeness (QED) is 0.0320. The molecule has 1 amide bonds. The van der Waals surface area contributed by atoms with Gasteiger partial charge in [-0.3, -0.25) is 9.59 Å². The number of rotatable bonds is 61. The Morgan fingerprint density at radius 2 is 0.653 bits per heavy atom. The molecule has 0 aliphatic carbocycles. The molecular formula is C66H127NO5. The van der Waals surface area contributed by atoms with Crippen LogP contribution in [0.2, 0.25) is 0 Å². The van der Waals surface area contributed by atoms with Crippen molar-refractivity contribution in [2.75, 3.05) is 13.2 Å². The number of nitrogens with one attached hydrogen (secondary N) is 1. The number of amides is 1. The molecule has 0 aliphatic rings. The topological polar surface area (TPSA) is 95.9 Å². The third-order valence-corrected chi connectivity index (χ3v) is 15.2. The highest BCUT2D eigenvalue weighted by Gasteiger charge is 2.18. The van der Waals surface area contributed by atoms with Crippen LogP contribution in [0.15, 0.2) is 24.3 Å². The van der Waals surface area contributed by atoms with E-state index in [0.29, 0.717) is 19.4 Å². The molecular weight excluding hydrogens is 887 g/mol. The summed E-state index contributed by atoms with van der Waals surface area (Å²) in [7, 11) is 0. The first-order valence-electron chi connectivity index (χ1n) is 32.6. The molecule has 0 bridgehead atoms. The van der Waals surface area contributed by atoms with Crippen LogP contribution in [0.1, 0.15) is 361 Å². The van der Waals surface area contributed by atoms with Crippen molar-refractivity contribution in [2.45, 2.75) is 373 Å². The van der Waals surface area contributed by atoms with E-state index in [1.807, 2.05) is 6.08 Å². The Morgan fingerprint density at radius 3 is 0.986 bits per heavy atom. The van der Waals surface area contributed by atoms with Crippen LogP contribution in [0.25, 0.3) is 0 Å². The van der Waals surface area contributed by atoms with E-state index in [9.17, 15) is 19.8 Å². The average molecular weight is 1010 g/mol. The highest BCUT2D eigenvalue weighted by molar-refractivity contribution is 5.76. The molecule has 0 heterocycles. The maximum atomic E-state index is 12.4. The van der Waals surface area contributed by atoms with E-state index in [2.05, 4.69) is 31.3 Å². The first kappa shape index (κ1) is 70.3. The van der Waals surface area contributed by atoms with Gasteiger partial charge in [0.05, 0.1) is 25.4 Å². The van der Waals surface area contributed by atoms with Gasteiger partial charge in [0.25, 0.3) is 0 Å². The Balaban J connectivity index is 3.32. The molecule has 0 aromatic rings. The van der Waals surface area contributed by atoms with Gasteiger partial charge >= 0.3 is 5.97 Å². The molecule has 6 nitrogen and oxygen atoms in total. The summed E-state index contributed by atoms with van der Waals surface area (Å²) in [6, 6.07) is -0.624. The van der Waals surface area contributed by atoms with Crippen LogP contribution in [0.3, 0.4) is 0 Å². The van der Waals surface area contributed by atoms with Gasteiger partial charge < -0.3 is 20.3 Å². The third kappa shape index (κ3) is 57.6. The smallest absolute Gasteiger partial charge is 0.305 e. The van der Waals surface area contributed by atoms with Crippen molar-refractivity contribution < 1.29 is 24.5 Å². The van der Waals surface area contributed by atoms with E-state index >= 15 is 0 Å². The minimum Gasteiger partial charge on any atom is -0.466 e. The molecule has 0 saturated carbocycles. The van der Waals surface area contributed by atoms with Crippen molar-refractivity contribution in [1.29, 1.82) is 0 Å². The van der Waals surface area contributed by atoms with Gasteiger partial charge in [0.1, 0.15) is 0 Å². The van der Waals surface area contributed by atoms with Crippen molar-refractivity contribution in [1.82, 2.24) is 5.32 Å². The van der Waals surface area contributed by atoms with Crippen LogP contribution in [-0.4, -0.2) is 47.4 Å². The number of esters is 1. The Bertz CT molecular complexity index is 1120. The van der Waals surface area contributed by atoms with Crippen molar-refractivity contribution in [3.63, 3.8) is 0 Å². The molecule has 2 atom stereocenters. The zero-order valence-corrected chi connectivity index (χ0v) is 48.7. The fraction of sp³-hybridized carbons (Fsp3) is 0.909. The van der Waals surface area contributed by atoms with Crippen LogP contribution >= 0.6 is 0 Å². The number of aliphatic hydroxyl groups excluding tert-OH is 2. The molecule has 0 spiro atoms. The zero-order chi connectivity index (χ0) is 52.2. The van der Waals surface area contributed by atoms with Gasteiger partial charge in [-0.2, -0.15) is 0 Å². The summed E-state index contributed by atoms with van der Waals surface area (Å²) in [5, 5.41) is 23.0. The molecule has 426 valence electrons. The summed E-state index contributed by atoms with van der Waals surface area (Å²) in [6.45, 7) is 4.90.